The fourth-order valence-corrected chi connectivity index (χ4v) is 11.9. The molecule has 0 saturated heterocycles. The molecule has 0 fully saturated rings. The summed E-state index contributed by atoms with van der Waals surface area (Å²) in [6.45, 7) is 4.95. The Morgan fingerprint density at radius 1 is 0.337 bits per heavy atom. The summed E-state index contributed by atoms with van der Waals surface area (Å²) in [6, 6.07) is -0.632. The lowest BCUT2D eigenvalue weighted by atomic mass is 10.0. The lowest BCUT2D eigenvalue weighted by Gasteiger charge is -2.20. The standard InChI is InChI=1S/C77H147NO5/c1-3-5-7-9-11-13-15-17-19-20-21-22-23-29-32-35-38-42-45-49-53-57-61-65-69-75(80)74(73-79)78-76(81)70-66-62-58-54-50-46-43-39-36-33-30-27-25-24-26-28-31-34-37-40-44-48-52-56-60-64-68-72-83-77(82)71-67-63-59-55-51-47-41-18-16-14-12-10-8-6-4-2/h24-25,28,31,65,69,74-75,79-80H,3-23,26-27,29-30,32-64,66-68,70-73H2,1-2H3,(H,78,81)/b25-24-,31-28-,69-65+. The molecule has 83 heavy (non-hydrogen) atoms. The Bertz CT molecular complexity index is 1340. The van der Waals surface area contributed by atoms with Crippen molar-refractivity contribution in [2.24, 2.45) is 0 Å². The number of unbranched alkanes of at least 4 members (excludes halogenated alkanes) is 56. The van der Waals surface area contributed by atoms with E-state index in [0.29, 0.717) is 19.4 Å². The summed E-state index contributed by atoms with van der Waals surface area (Å²) < 4.78 is 5.50. The van der Waals surface area contributed by atoms with Crippen LogP contribution in [0.25, 0.3) is 0 Å². The van der Waals surface area contributed by atoms with Gasteiger partial charge in [0.15, 0.2) is 0 Å². The van der Waals surface area contributed by atoms with Gasteiger partial charge in [-0.2, -0.15) is 0 Å². The average Bonchev–Trinajstić information content (AvgIpc) is 3.49. The van der Waals surface area contributed by atoms with E-state index >= 15 is 0 Å². The Morgan fingerprint density at radius 2 is 0.602 bits per heavy atom. The van der Waals surface area contributed by atoms with Gasteiger partial charge in [0, 0.05) is 12.8 Å². The highest BCUT2D eigenvalue weighted by molar-refractivity contribution is 5.76. The van der Waals surface area contributed by atoms with Crippen molar-refractivity contribution >= 4 is 11.9 Å². The van der Waals surface area contributed by atoms with E-state index in [-0.39, 0.29) is 18.5 Å². The Kier molecular flexibility index (Phi) is 70.9. The lowest BCUT2D eigenvalue weighted by Crippen LogP contribution is -2.45. The van der Waals surface area contributed by atoms with Crippen LogP contribution in [-0.4, -0.2) is 47.4 Å². The van der Waals surface area contributed by atoms with Crippen molar-refractivity contribution in [3.8, 4) is 0 Å². The van der Waals surface area contributed by atoms with Crippen molar-refractivity contribution in [3.05, 3.63) is 36.5 Å². The van der Waals surface area contributed by atoms with E-state index in [9.17, 15) is 19.8 Å². The number of aliphatic hydroxyl groups is 2. The van der Waals surface area contributed by atoms with Crippen LogP contribution in [0.1, 0.15) is 418 Å². The first-order valence-electron chi connectivity index (χ1n) is 37.8. The normalized spacial score (nSPS) is 12.7. The summed E-state index contributed by atoms with van der Waals surface area (Å²) in [5, 5.41) is 23.3. The van der Waals surface area contributed by atoms with Crippen LogP contribution in [0.2, 0.25) is 0 Å². The van der Waals surface area contributed by atoms with Crippen LogP contribution >= 0.6 is 0 Å². The van der Waals surface area contributed by atoms with Crippen LogP contribution in [0.4, 0.5) is 0 Å². The van der Waals surface area contributed by atoms with Gasteiger partial charge in [-0.05, 0) is 64.2 Å². The first-order valence-corrected chi connectivity index (χ1v) is 37.8. The van der Waals surface area contributed by atoms with Crippen LogP contribution < -0.4 is 5.32 Å². The summed E-state index contributed by atoms with van der Waals surface area (Å²) in [4.78, 5) is 24.6. The SMILES string of the molecule is CCCCCCCCCCCCCCCCCCCCCCCC/C=C/C(O)C(CO)NC(=O)CCCCCCCCCCCCC/C=C\C/C=C\CCCCCCCCCCCOC(=O)CCCCCCCCCCCCCCCCC. The largest absolute Gasteiger partial charge is 0.466 e. The fourth-order valence-electron chi connectivity index (χ4n) is 11.9. The summed E-state index contributed by atoms with van der Waals surface area (Å²) in [7, 11) is 0. The van der Waals surface area contributed by atoms with Gasteiger partial charge in [-0.3, -0.25) is 9.59 Å². The van der Waals surface area contributed by atoms with Crippen molar-refractivity contribution in [2.45, 2.75) is 431 Å². The van der Waals surface area contributed by atoms with Crippen molar-refractivity contribution in [3.63, 3.8) is 0 Å². The smallest absolute Gasteiger partial charge is 0.305 e. The maximum atomic E-state index is 12.5. The van der Waals surface area contributed by atoms with Crippen molar-refractivity contribution < 1.29 is 24.5 Å². The Morgan fingerprint density at radius 3 is 0.916 bits per heavy atom. The number of hydrogen-bond acceptors (Lipinski definition) is 5. The predicted molar refractivity (Wildman–Crippen MR) is 366 cm³/mol. The number of rotatable bonds is 71. The zero-order valence-electron chi connectivity index (χ0n) is 56.2. The molecule has 0 aliphatic carbocycles. The first-order chi connectivity index (χ1) is 41.0. The third-order valence-electron chi connectivity index (χ3n) is 17.7. The molecule has 0 rings (SSSR count). The highest BCUT2D eigenvalue weighted by atomic mass is 16.5. The third-order valence-corrected chi connectivity index (χ3v) is 17.7. The van der Waals surface area contributed by atoms with Crippen molar-refractivity contribution in [1.82, 2.24) is 5.32 Å². The number of allylic oxidation sites excluding steroid dienone is 5. The quantitative estimate of drug-likeness (QED) is 0.0320. The molecule has 1 amide bonds. The summed E-state index contributed by atoms with van der Waals surface area (Å²) in [6.07, 6.45) is 93.8. The van der Waals surface area contributed by atoms with E-state index in [1.807, 2.05) is 6.08 Å². The van der Waals surface area contributed by atoms with E-state index in [4.69, 9.17) is 4.74 Å². The fraction of sp³-hybridized carbons (Fsp3) is 0.896. The van der Waals surface area contributed by atoms with E-state index in [1.165, 1.54) is 347 Å². The van der Waals surface area contributed by atoms with Gasteiger partial charge in [-0.1, -0.05) is 378 Å². The van der Waals surface area contributed by atoms with Crippen LogP contribution in [0.5, 0.6) is 0 Å². The zero-order chi connectivity index (χ0) is 59.9. The second-order valence-electron chi connectivity index (χ2n) is 26.0. The van der Waals surface area contributed by atoms with Gasteiger partial charge in [0.25, 0.3) is 0 Å². The summed E-state index contributed by atoms with van der Waals surface area (Å²) >= 11 is 0. The van der Waals surface area contributed by atoms with Crippen LogP contribution in [0, 0.1) is 0 Å². The molecule has 3 N–H and O–H groups in total. The second kappa shape index (κ2) is 72.6. The predicted octanol–water partition coefficient (Wildman–Crippen LogP) is 24.7. The molecular weight excluding hydrogens is 1020 g/mol. The number of aliphatic hydroxyl groups excluding tert-OH is 2. The maximum absolute atomic E-state index is 12.5. The van der Waals surface area contributed by atoms with Crippen LogP contribution in [0.3, 0.4) is 0 Å². The minimum absolute atomic E-state index is 0.0139. The number of ether oxygens (including phenoxy) is 1. The average molecular weight is 1170 g/mol. The maximum Gasteiger partial charge on any atom is 0.305 e. The highest BCUT2D eigenvalue weighted by Crippen LogP contribution is 2.19. The number of hydrogen-bond donors (Lipinski definition) is 3. The van der Waals surface area contributed by atoms with Gasteiger partial charge >= 0.3 is 5.97 Å². The summed E-state index contributed by atoms with van der Waals surface area (Å²) in [5.41, 5.74) is 0. The zero-order valence-corrected chi connectivity index (χ0v) is 56.2. The molecule has 0 saturated carbocycles. The second-order valence-corrected chi connectivity index (χ2v) is 26.0. The van der Waals surface area contributed by atoms with Gasteiger partial charge in [0.2, 0.25) is 5.91 Å². The Balaban J connectivity index is 3.44. The van der Waals surface area contributed by atoms with Gasteiger partial charge < -0.3 is 20.3 Å². The minimum Gasteiger partial charge on any atom is -0.466 e. The Hall–Kier alpha value is -1.92. The minimum atomic E-state index is -0.849. The number of nitrogens with one attached hydrogen (secondary N) is 1. The molecule has 0 spiro atoms. The molecule has 0 aliphatic rings. The topological polar surface area (TPSA) is 95.9 Å². The molecule has 0 radical (unpaired) electrons. The van der Waals surface area contributed by atoms with E-state index in [1.54, 1.807) is 6.08 Å². The van der Waals surface area contributed by atoms with E-state index in [2.05, 4.69) is 43.5 Å². The molecule has 6 heteroatoms. The van der Waals surface area contributed by atoms with Crippen LogP contribution in [0.15, 0.2) is 36.5 Å². The van der Waals surface area contributed by atoms with E-state index in [0.717, 1.165) is 44.9 Å². The molecule has 0 aromatic carbocycles. The molecule has 2 unspecified atom stereocenters. The van der Waals surface area contributed by atoms with Gasteiger partial charge in [-0.25, -0.2) is 0 Å². The first kappa shape index (κ1) is 81.1. The van der Waals surface area contributed by atoms with E-state index < -0.39 is 12.1 Å². The molecule has 6 nitrogen and oxygen atoms in total. The number of amides is 1. The molecular formula is C77H147NO5. The number of carbonyl (C=O) groups excluding carboxylic acids is 2. The van der Waals surface area contributed by atoms with Crippen molar-refractivity contribution in [2.75, 3.05) is 13.2 Å². The monoisotopic (exact) mass is 1170 g/mol. The lowest BCUT2D eigenvalue weighted by molar-refractivity contribution is -0.143. The van der Waals surface area contributed by atoms with Gasteiger partial charge in [0.05, 0.1) is 25.4 Å². The molecule has 2 atom stereocenters. The molecule has 490 valence electrons. The molecule has 0 heterocycles. The number of carbonyl (C=O) groups is 2. The molecule has 0 aromatic rings. The van der Waals surface area contributed by atoms with Gasteiger partial charge in [-0.15, -0.1) is 0 Å². The summed E-state index contributed by atoms with van der Waals surface area (Å²) in [5.74, 6) is -0.0529. The van der Waals surface area contributed by atoms with Crippen LogP contribution in [-0.2, 0) is 14.3 Å². The molecule has 0 aromatic heterocycles. The Labute approximate surface area is 519 Å². The third kappa shape index (κ3) is 69.1. The molecule has 0 aliphatic heterocycles. The molecule has 0 bridgehead atoms. The highest BCUT2D eigenvalue weighted by Gasteiger charge is 2.18. The number of esters is 1. The van der Waals surface area contributed by atoms with Gasteiger partial charge in [0.1, 0.15) is 0 Å². The van der Waals surface area contributed by atoms with Crippen molar-refractivity contribution in [1.29, 1.82) is 0 Å².